The zero-order chi connectivity index (χ0) is 22.2. The Hall–Kier alpha value is -2.25. The van der Waals surface area contributed by atoms with E-state index in [1.165, 1.54) is 30.1 Å². The minimum Gasteiger partial charge on any atom is -0.486 e. The van der Waals surface area contributed by atoms with Crippen LogP contribution in [0.4, 0.5) is 4.39 Å². The number of carbonyl (C=O) groups is 1. The van der Waals surface area contributed by atoms with Crippen molar-refractivity contribution in [2.75, 3.05) is 5.75 Å². The van der Waals surface area contributed by atoms with Gasteiger partial charge in [-0.1, -0.05) is 46.9 Å². The van der Waals surface area contributed by atoms with Crippen molar-refractivity contribution in [2.45, 2.75) is 11.5 Å². The number of hydrogen-bond donors (Lipinski definition) is 1. The SMILES string of the molecule is O=C(CSc1ccc(Cl)cc1)N/N=C\c1cc(Cl)c(OCc2ccc(F)cc2)c(Cl)c1. The fourth-order valence-electron chi connectivity index (χ4n) is 2.42. The van der Waals surface area contributed by atoms with Crippen molar-refractivity contribution in [2.24, 2.45) is 5.10 Å². The summed E-state index contributed by atoms with van der Waals surface area (Å²) in [5, 5.41) is 5.15. The molecule has 9 heteroatoms. The Morgan fingerprint density at radius 3 is 2.32 bits per heavy atom. The van der Waals surface area contributed by atoms with Gasteiger partial charge in [-0.2, -0.15) is 5.10 Å². The number of carbonyl (C=O) groups excluding carboxylic acids is 1. The number of benzene rings is 3. The van der Waals surface area contributed by atoms with E-state index in [1.807, 2.05) is 12.1 Å². The van der Waals surface area contributed by atoms with Crippen molar-refractivity contribution < 1.29 is 13.9 Å². The predicted octanol–water partition coefficient (Wildman–Crippen LogP) is 6.61. The third-order valence-electron chi connectivity index (χ3n) is 3.90. The molecule has 31 heavy (non-hydrogen) atoms. The van der Waals surface area contributed by atoms with E-state index in [-0.39, 0.29) is 24.1 Å². The molecule has 0 aliphatic rings. The Bertz CT molecular complexity index is 1050. The first kappa shape index (κ1) is 23.4. The van der Waals surface area contributed by atoms with E-state index in [0.29, 0.717) is 26.4 Å². The molecule has 0 aliphatic heterocycles. The van der Waals surface area contributed by atoms with Crippen LogP contribution in [0.25, 0.3) is 0 Å². The molecular weight excluding hydrogens is 482 g/mol. The predicted molar refractivity (Wildman–Crippen MR) is 125 cm³/mol. The first-order valence-corrected chi connectivity index (χ1v) is 11.1. The number of hydrazone groups is 1. The van der Waals surface area contributed by atoms with E-state index in [1.54, 1.807) is 36.4 Å². The van der Waals surface area contributed by atoms with Crippen molar-refractivity contribution >= 4 is 58.7 Å². The van der Waals surface area contributed by atoms with Gasteiger partial charge in [0.05, 0.1) is 22.0 Å². The van der Waals surface area contributed by atoms with Crippen LogP contribution in [-0.2, 0) is 11.4 Å². The zero-order valence-electron chi connectivity index (χ0n) is 15.9. The Morgan fingerprint density at radius 1 is 1.03 bits per heavy atom. The molecule has 160 valence electrons. The minimum atomic E-state index is -0.320. The van der Waals surface area contributed by atoms with Crippen molar-refractivity contribution in [3.05, 3.63) is 92.7 Å². The highest BCUT2D eigenvalue weighted by atomic mass is 35.5. The molecule has 0 bridgehead atoms. The monoisotopic (exact) mass is 496 g/mol. The molecule has 0 fully saturated rings. The van der Waals surface area contributed by atoms with Crippen LogP contribution in [0.2, 0.25) is 15.1 Å². The summed E-state index contributed by atoms with van der Waals surface area (Å²) in [6.07, 6.45) is 1.44. The maximum atomic E-state index is 13.0. The van der Waals surface area contributed by atoms with Gasteiger partial charge >= 0.3 is 0 Å². The van der Waals surface area contributed by atoms with Crippen LogP contribution in [0.1, 0.15) is 11.1 Å². The number of ether oxygens (including phenoxy) is 1. The molecule has 0 unspecified atom stereocenters. The standard InChI is InChI=1S/C22H16Cl3FN2O2S/c23-16-3-7-18(8-4-16)31-13-21(29)28-27-11-15-9-19(24)22(20(25)10-15)30-12-14-1-5-17(26)6-2-14/h1-11H,12-13H2,(H,28,29)/b27-11-. The second-order valence-corrected chi connectivity index (χ2v) is 8.56. The molecule has 1 amide bonds. The van der Waals surface area contributed by atoms with Crippen LogP contribution in [0, 0.1) is 5.82 Å². The zero-order valence-corrected chi connectivity index (χ0v) is 19.0. The molecule has 3 rings (SSSR count). The molecule has 0 spiro atoms. The van der Waals surface area contributed by atoms with Crippen molar-refractivity contribution in [1.29, 1.82) is 0 Å². The molecule has 1 N–H and O–H groups in total. The van der Waals surface area contributed by atoms with Gasteiger partial charge in [0.25, 0.3) is 0 Å². The van der Waals surface area contributed by atoms with E-state index < -0.39 is 0 Å². The molecule has 0 atom stereocenters. The number of rotatable bonds is 8. The van der Waals surface area contributed by atoms with Crippen LogP contribution in [0.5, 0.6) is 5.75 Å². The Balaban J connectivity index is 1.52. The smallest absolute Gasteiger partial charge is 0.250 e. The van der Waals surface area contributed by atoms with Gasteiger partial charge in [-0.3, -0.25) is 4.79 Å². The first-order chi connectivity index (χ1) is 14.9. The maximum Gasteiger partial charge on any atom is 0.250 e. The summed E-state index contributed by atoms with van der Waals surface area (Å²) in [5.41, 5.74) is 3.82. The van der Waals surface area contributed by atoms with Crippen molar-refractivity contribution in [3.8, 4) is 5.75 Å². The fourth-order valence-corrected chi connectivity index (χ4v) is 3.85. The summed E-state index contributed by atoms with van der Waals surface area (Å²) in [6, 6.07) is 16.4. The highest BCUT2D eigenvalue weighted by molar-refractivity contribution is 8.00. The molecule has 0 radical (unpaired) electrons. The van der Waals surface area contributed by atoms with Gasteiger partial charge in [-0.15, -0.1) is 11.8 Å². The molecular formula is C22H16Cl3FN2O2S. The molecule has 0 heterocycles. The van der Waals surface area contributed by atoms with Crippen LogP contribution >= 0.6 is 46.6 Å². The van der Waals surface area contributed by atoms with Crippen molar-refractivity contribution in [1.82, 2.24) is 5.43 Å². The summed E-state index contributed by atoms with van der Waals surface area (Å²) < 4.78 is 18.6. The van der Waals surface area contributed by atoms with Gasteiger partial charge in [0.2, 0.25) is 5.91 Å². The van der Waals surface area contributed by atoms with E-state index in [9.17, 15) is 9.18 Å². The van der Waals surface area contributed by atoms with E-state index >= 15 is 0 Å². The topological polar surface area (TPSA) is 50.7 Å². The fraction of sp³-hybridized carbons (Fsp3) is 0.0909. The van der Waals surface area contributed by atoms with E-state index in [0.717, 1.165) is 10.5 Å². The number of nitrogens with one attached hydrogen (secondary N) is 1. The van der Waals surface area contributed by atoms with Gasteiger partial charge in [0, 0.05) is 9.92 Å². The molecule has 0 aromatic heterocycles. The summed E-state index contributed by atoms with van der Waals surface area (Å²) in [4.78, 5) is 12.9. The number of thioether (sulfide) groups is 1. The minimum absolute atomic E-state index is 0.189. The second-order valence-electron chi connectivity index (χ2n) is 6.26. The number of hydrogen-bond acceptors (Lipinski definition) is 4. The third-order valence-corrected chi connectivity index (χ3v) is 5.73. The summed E-state index contributed by atoms with van der Waals surface area (Å²) in [6.45, 7) is 0.189. The Morgan fingerprint density at radius 2 is 1.68 bits per heavy atom. The number of halogens is 4. The van der Waals surface area contributed by atoms with Gasteiger partial charge in [0.1, 0.15) is 12.4 Å². The lowest BCUT2D eigenvalue weighted by Gasteiger charge is -2.11. The largest absolute Gasteiger partial charge is 0.486 e. The highest BCUT2D eigenvalue weighted by Crippen LogP contribution is 2.34. The summed E-state index contributed by atoms with van der Waals surface area (Å²) in [7, 11) is 0. The molecule has 0 saturated carbocycles. The van der Waals surface area contributed by atoms with Gasteiger partial charge < -0.3 is 4.74 Å². The Kier molecular flexibility index (Phi) is 8.60. The molecule has 0 saturated heterocycles. The van der Waals surface area contributed by atoms with Gasteiger partial charge in [-0.25, -0.2) is 9.82 Å². The van der Waals surface area contributed by atoms with Crippen molar-refractivity contribution in [3.63, 3.8) is 0 Å². The highest BCUT2D eigenvalue weighted by Gasteiger charge is 2.10. The van der Waals surface area contributed by atoms with Crippen LogP contribution < -0.4 is 10.2 Å². The van der Waals surface area contributed by atoms with Gasteiger partial charge in [-0.05, 0) is 59.7 Å². The lowest BCUT2D eigenvalue weighted by atomic mass is 10.2. The third kappa shape index (κ3) is 7.43. The lowest BCUT2D eigenvalue weighted by Crippen LogP contribution is -2.19. The number of nitrogens with zero attached hydrogens (tertiary/aromatic N) is 1. The average Bonchev–Trinajstić information content (AvgIpc) is 2.74. The molecule has 4 nitrogen and oxygen atoms in total. The summed E-state index contributed by atoms with van der Waals surface area (Å²) in [5.74, 6) is -0.0589. The van der Waals surface area contributed by atoms with E-state index in [2.05, 4.69) is 10.5 Å². The normalized spacial score (nSPS) is 11.0. The molecule has 3 aromatic rings. The van der Waals surface area contributed by atoms with Crippen LogP contribution in [0.3, 0.4) is 0 Å². The quantitative estimate of drug-likeness (QED) is 0.216. The van der Waals surface area contributed by atoms with Gasteiger partial charge in [0.15, 0.2) is 5.75 Å². The van der Waals surface area contributed by atoms with Crippen LogP contribution in [0.15, 0.2) is 70.7 Å². The summed E-state index contributed by atoms with van der Waals surface area (Å²) >= 11 is 19.7. The second kappa shape index (κ2) is 11.4. The van der Waals surface area contributed by atoms with E-state index in [4.69, 9.17) is 39.5 Å². The maximum absolute atomic E-state index is 13.0. The average molecular weight is 498 g/mol. The Labute approximate surface area is 198 Å². The molecule has 3 aromatic carbocycles. The lowest BCUT2D eigenvalue weighted by molar-refractivity contribution is -0.118. The van der Waals surface area contributed by atoms with Crippen LogP contribution in [-0.4, -0.2) is 17.9 Å². The molecule has 0 aliphatic carbocycles. The first-order valence-electron chi connectivity index (χ1n) is 8.97. The number of amides is 1.